The Balaban J connectivity index is 2.31. The lowest BCUT2D eigenvalue weighted by molar-refractivity contribution is 0.0775. The van der Waals surface area contributed by atoms with Gasteiger partial charge < -0.3 is 14.4 Å². The predicted octanol–water partition coefficient (Wildman–Crippen LogP) is 3.11. The van der Waals surface area contributed by atoms with Crippen molar-refractivity contribution in [2.75, 3.05) is 26.0 Å². The second-order valence-electron chi connectivity index (χ2n) is 5.25. The summed E-state index contributed by atoms with van der Waals surface area (Å²) in [5.74, 6) is 0.429. The molecule has 2 rings (SSSR count). The third-order valence-electron chi connectivity index (χ3n) is 3.37. The van der Waals surface area contributed by atoms with Gasteiger partial charge in [0, 0.05) is 28.2 Å². The fraction of sp³-hybridized carbons (Fsp3) is 0.357. The summed E-state index contributed by atoms with van der Waals surface area (Å²) in [6.07, 6.45) is 1.39. The maximum atomic E-state index is 12.6. The van der Waals surface area contributed by atoms with E-state index in [0.29, 0.717) is 32.4 Å². The lowest BCUT2D eigenvalue weighted by Crippen LogP contribution is -2.29. The number of carbonyl (C=O) groups is 1. The molecule has 0 saturated carbocycles. The molecule has 0 aliphatic carbocycles. The number of amides is 1. The Kier molecular flexibility index (Phi) is 5.39. The first kappa shape index (κ1) is 17.8. The molecular formula is C14H16Cl3N5O. The molecule has 23 heavy (non-hydrogen) atoms. The third-order valence-corrected chi connectivity index (χ3v) is 4.54. The van der Waals surface area contributed by atoms with Gasteiger partial charge in [-0.3, -0.25) is 4.79 Å². The van der Waals surface area contributed by atoms with E-state index in [1.54, 1.807) is 24.7 Å². The number of anilines is 1. The van der Waals surface area contributed by atoms with E-state index < -0.39 is 0 Å². The van der Waals surface area contributed by atoms with Gasteiger partial charge in [-0.05, 0) is 6.07 Å². The molecule has 0 aliphatic rings. The summed E-state index contributed by atoms with van der Waals surface area (Å²) in [4.78, 5) is 24.1. The summed E-state index contributed by atoms with van der Waals surface area (Å²) in [5, 5.41) is 0.964. The minimum atomic E-state index is -0.231. The van der Waals surface area contributed by atoms with Gasteiger partial charge in [0.15, 0.2) is 0 Å². The Morgan fingerprint density at radius 3 is 2.39 bits per heavy atom. The van der Waals surface area contributed by atoms with E-state index in [1.807, 2.05) is 19.0 Å². The average molecular weight is 377 g/mol. The van der Waals surface area contributed by atoms with Crippen molar-refractivity contribution in [2.45, 2.75) is 6.54 Å². The van der Waals surface area contributed by atoms with Crippen LogP contribution in [0.15, 0.2) is 12.4 Å². The second-order valence-corrected chi connectivity index (χ2v) is 6.37. The van der Waals surface area contributed by atoms with Crippen LogP contribution in [0.2, 0.25) is 15.3 Å². The van der Waals surface area contributed by atoms with Gasteiger partial charge in [0.1, 0.15) is 28.1 Å². The molecular weight excluding hydrogens is 361 g/mol. The van der Waals surface area contributed by atoms with Crippen LogP contribution < -0.4 is 4.90 Å². The smallest absolute Gasteiger partial charge is 0.270 e. The van der Waals surface area contributed by atoms with Crippen LogP contribution in [0, 0.1) is 0 Å². The third kappa shape index (κ3) is 3.54. The van der Waals surface area contributed by atoms with Crippen molar-refractivity contribution in [3.8, 4) is 0 Å². The van der Waals surface area contributed by atoms with E-state index in [1.165, 1.54) is 11.2 Å². The highest BCUT2D eigenvalue weighted by Crippen LogP contribution is 2.27. The van der Waals surface area contributed by atoms with Crippen molar-refractivity contribution in [1.82, 2.24) is 19.4 Å². The minimum absolute atomic E-state index is 0.231. The van der Waals surface area contributed by atoms with Gasteiger partial charge in [-0.15, -0.1) is 0 Å². The Morgan fingerprint density at radius 2 is 1.87 bits per heavy atom. The van der Waals surface area contributed by atoms with Crippen molar-refractivity contribution in [3.63, 3.8) is 0 Å². The van der Waals surface area contributed by atoms with E-state index in [2.05, 4.69) is 9.97 Å². The van der Waals surface area contributed by atoms with Crippen molar-refractivity contribution in [2.24, 2.45) is 7.05 Å². The van der Waals surface area contributed by atoms with Gasteiger partial charge >= 0.3 is 0 Å². The molecule has 0 unspecified atom stereocenters. The number of hydrogen-bond donors (Lipinski definition) is 0. The zero-order chi connectivity index (χ0) is 17.3. The molecule has 2 aromatic heterocycles. The standard InChI is InChI=1S/C14H16Cl3N5O/c1-20(2)13-8(11(16)18-7-19-13)6-21(3)14(23)10-5-9(15)12(17)22(10)4/h5,7H,6H2,1-4H3. The predicted molar refractivity (Wildman–Crippen MR) is 92.6 cm³/mol. The van der Waals surface area contributed by atoms with E-state index in [0.717, 1.165) is 0 Å². The van der Waals surface area contributed by atoms with Crippen LogP contribution in [0.3, 0.4) is 0 Å². The van der Waals surface area contributed by atoms with Gasteiger partial charge in [-0.1, -0.05) is 34.8 Å². The highest BCUT2D eigenvalue weighted by molar-refractivity contribution is 6.41. The van der Waals surface area contributed by atoms with Crippen molar-refractivity contribution in [1.29, 1.82) is 0 Å². The summed E-state index contributed by atoms with van der Waals surface area (Å²) >= 11 is 18.1. The summed E-state index contributed by atoms with van der Waals surface area (Å²) in [6, 6.07) is 1.54. The summed E-state index contributed by atoms with van der Waals surface area (Å²) in [5.41, 5.74) is 1.06. The zero-order valence-electron chi connectivity index (χ0n) is 13.1. The lowest BCUT2D eigenvalue weighted by Gasteiger charge is -2.22. The van der Waals surface area contributed by atoms with E-state index in [9.17, 15) is 4.79 Å². The molecule has 0 bridgehead atoms. The minimum Gasteiger partial charge on any atom is -0.362 e. The highest BCUT2D eigenvalue weighted by Gasteiger charge is 2.22. The number of rotatable bonds is 4. The molecule has 2 aromatic rings. The van der Waals surface area contributed by atoms with E-state index in [-0.39, 0.29) is 12.5 Å². The van der Waals surface area contributed by atoms with Gasteiger partial charge in [0.25, 0.3) is 5.91 Å². The van der Waals surface area contributed by atoms with Crippen LogP contribution in [0.1, 0.15) is 16.1 Å². The zero-order valence-corrected chi connectivity index (χ0v) is 15.4. The normalized spacial score (nSPS) is 10.7. The largest absolute Gasteiger partial charge is 0.362 e. The van der Waals surface area contributed by atoms with Crippen LogP contribution in [-0.4, -0.2) is 46.5 Å². The van der Waals surface area contributed by atoms with Gasteiger partial charge in [0.05, 0.1) is 17.1 Å². The Hall–Kier alpha value is -1.50. The molecule has 0 saturated heterocycles. The molecule has 0 aromatic carbocycles. The number of nitrogens with zero attached hydrogens (tertiary/aromatic N) is 5. The lowest BCUT2D eigenvalue weighted by atomic mass is 10.2. The first-order valence-electron chi connectivity index (χ1n) is 6.67. The maximum absolute atomic E-state index is 12.6. The van der Waals surface area contributed by atoms with Crippen molar-refractivity contribution < 1.29 is 4.79 Å². The summed E-state index contributed by atoms with van der Waals surface area (Å²) < 4.78 is 1.54. The van der Waals surface area contributed by atoms with Gasteiger partial charge in [-0.2, -0.15) is 0 Å². The first-order chi connectivity index (χ1) is 10.7. The Bertz CT molecular complexity index is 744. The molecule has 0 atom stereocenters. The van der Waals surface area contributed by atoms with Gasteiger partial charge in [-0.25, -0.2) is 9.97 Å². The fourth-order valence-electron chi connectivity index (χ4n) is 2.16. The van der Waals surface area contributed by atoms with Crippen LogP contribution in [-0.2, 0) is 13.6 Å². The summed E-state index contributed by atoms with van der Waals surface area (Å²) in [7, 11) is 7.04. The Morgan fingerprint density at radius 1 is 1.22 bits per heavy atom. The molecule has 0 spiro atoms. The maximum Gasteiger partial charge on any atom is 0.270 e. The van der Waals surface area contributed by atoms with E-state index in [4.69, 9.17) is 34.8 Å². The second kappa shape index (κ2) is 6.95. The van der Waals surface area contributed by atoms with Crippen LogP contribution in [0.5, 0.6) is 0 Å². The SMILES string of the molecule is CN(Cc1c(Cl)ncnc1N(C)C)C(=O)c1cc(Cl)c(Cl)n1C. The Labute approximate surface area is 149 Å². The molecule has 6 nitrogen and oxygen atoms in total. The molecule has 1 amide bonds. The molecule has 9 heteroatoms. The number of halogens is 3. The quantitative estimate of drug-likeness (QED) is 0.769. The topological polar surface area (TPSA) is 54.3 Å². The number of carbonyl (C=O) groups excluding carboxylic acids is 1. The van der Waals surface area contributed by atoms with Crippen LogP contribution in [0.25, 0.3) is 0 Å². The van der Waals surface area contributed by atoms with Crippen molar-refractivity contribution >= 4 is 46.5 Å². The number of hydrogen-bond acceptors (Lipinski definition) is 4. The highest BCUT2D eigenvalue weighted by atomic mass is 35.5. The molecule has 0 fully saturated rings. The molecule has 0 radical (unpaired) electrons. The molecule has 124 valence electrons. The van der Waals surface area contributed by atoms with Crippen LogP contribution in [0.4, 0.5) is 5.82 Å². The van der Waals surface area contributed by atoms with Crippen LogP contribution >= 0.6 is 34.8 Å². The number of aromatic nitrogens is 3. The molecule has 2 heterocycles. The fourth-order valence-corrected chi connectivity index (χ4v) is 2.72. The van der Waals surface area contributed by atoms with Gasteiger partial charge in [0.2, 0.25) is 0 Å². The van der Waals surface area contributed by atoms with E-state index >= 15 is 0 Å². The average Bonchev–Trinajstić information content (AvgIpc) is 2.75. The first-order valence-corrected chi connectivity index (χ1v) is 7.80. The molecule has 0 N–H and O–H groups in total. The summed E-state index contributed by atoms with van der Waals surface area (Å²) in [6.45, 7) is 0.256. The molecule has 0 aliphatic heterocycles. The van der Waals surface area contributed by atoms with Crippen molar-refractivity contribution in [3.05, 3.63) is 39.0 Å². The monoisotopic (exact) mass is 375 g/mol.